The molecule has 3 N–H and O–H groups in total. The minimum Gasteiger partial charge on any atom is -0.352 e. The van der Waals surface area contributed by atoms with Gasteiger partial charge in [0.1, 0.15) is 5.82 Å². The van der Waals surface area contributed by atoms with Crippen molar-refractivity contribution in [3.8, 4) is 0 Å². The van der Waals surface area contributed by atoms with Gasteiger partial charge in [-0.15, -0.1) is 12.4 Å². The summed E-state index contributed by atoms with van der Waals surface area (Å²) in [6.45, 7) is 4.10. The summed E-state index contributed by atoms with van der Waals surface area (Å²) in [4.78, 5) is 12.3. The summed E-state index contributed by atoms with van der Waals surface area (Å²) in [5.74, 6) is -0.337. The van der Waals surface area contributed by atoms with Crippen LogP contribution in [0.25, 0.3) is 0 Å². The molecule has 0 aromatic heterocycles. The van der Waals surface area contributed by atoms with E-state index in [4.69, 9.17) is 5.73 Å². The zero-order valence-electron chi connectivity index (χ0n) is 12.6. The first-order chi connectivity index (χ1) is 9.40. The van der Waals surface area contributed by atoms with Crippen molar-refractivity contribution >= 4 is 18.3 Å². The third-order valence-electron chi connectivity index (χ3n) is 4.26. The molecule has 1 saturated carbocycles. The lowest BCUT2D eigenvalue weighted by Crippen LogP contribution is -2.52. The van der Waals surface area contributed by atoms with Crippen LogP contribution >= 0.6 is 12.4 Å². The second kappa shape index (κ2) is 7.23. The number of nitrogens with two attached hydrogens (primary N) is 1. The number of rotatable bonds is 3. The van der Waals surface area contributed by atoms with Crippen LogP contribution in [0.15, 0.2) is 18.2 Å². The topological polar surface area (TPSA) is 55.1 Å². The summed E-state index contributed by atoms with van der Waals surface area (Å²) in [6.07, 6.45) is 3.89. The monoisotopic (exact) mass is 314 g/mol. The van der Waals surface area contributed by atoms with E-state index in [0.29, 0.717) is 12.1 Å². The minimum atomic E-state index is -0.416. The van der Waals surface area contributed by atoms with Crippen LogP contribution in [0.2, 0.25) is 0 Å². The molecule has 0 radical (unpaired) electrons. The van der Waals surface area contributed by atoms with Gasteiger partial charge in [0.05, 0.1) is 5.92 Å². The third kappa shape index (κ3) is 4.42. The van der Waals surface area contributed by atoms with Crippen molar-refractivity contribution in [1.29, 1.82) is 0 Å². The van der Waals surface area contributed by atoms with Crippen molar-refractivity contribution in [2.24, 2.45) is 11.7 Å². The summed E-state index contributed by atoms with van der Waals surface area (Å²) in [5.41, 5.74) is 7.31. The molecule has 1 fully saturated rings. The molecular formula is C16H24ClFN2O. The van der Waals surface area contributed by atoms with Gasteiger partial charge in [0.25, 0.3) is 0 Å². The molecule has 1 amide bonds. The lowest BCUT2D eigenvalue weighted by Gasteiger charge is -2.37. The van der Waals surface area contributed by atoms with Gasteiger partial charge >= 0.3 is 0 Å². The predicted molar refractivity (Wildman–Crippen MR) is 84.8 cm³/mol. The Morgan fingerprint density at radius 3 is 2.81 bits per heavy atom. The maximum Gasteiger partial charge on any atom is 0.225 e. The van der Waals surface area contributed by atoms with Crippen molar-refractivity contribution in [1.82, 2.24) is 5.32 Å². The van der Waals surface area contributed by atoms with Gasteiger partial charge in [0.15, 0.2) is 0 Å². The van der Waals surface area contributed by atoms with Crippen LogP contribution in [0.3, 0.4) is 0 Å². The number of carbonyl (C=O) groups excluding carboxylic acids is 1. The molecule has 1 aromatic carbocycles. The van der Waals surface area contributed by atoms with Gasteiger partial charge in [-0.2, -0.15) is 0 Å². The molecule has 1 aliphatic rings. The van der Waals surface area contributed by atoms with Crippen molar-refractivity contribution in [2.45, 2.75) is 51.6 Å². The van der Waals surface area contributed by atoms with Gasteiger partial charge in [-0.3, -0.25) is 4.79 Å². The Bertz CT molecular complexity index is 505. The molecule has 0 saturated heterocycles. The second-order valence-electron chi connectivity index (χ2n) is 6.11. The molecule has 3 nitrogen and oxygen atoms in total. The van der Waals surface area contributed by atoms with Gasteiger partial charge in [-0.05, 0) is 43.9 Å². The highest BCUT2D eigenvalue weighted by Gasteiger charge is 2.37. The standard InChI is InChI=1S/C16H23FN2O.ClH/c1-11-9-12(6-7-14(11)17)10-19-15(20)13-5-3-4-8-16(13,2)18;/h6-7,9,13H,3-5,8,10,18H2,1-2H3,(H,19,20);1H. The van der Waals surface area contributed by atoms with E-state index in [1.807, 2.05) is 6.92 Å². The molecule has 0 spiro atoms. The Morgan fingerprint density at radius 1 is 1.48 bits per heavy atom. The largest absolute Gasteiger partial charge is 0.352 e. The molecule has 1 aliphatic carbocycles. The first-order valence-corrected chi connectivity index (χ1v) is 7.22. The van der Waals surface area contributed by atoms with Crippen LogP contribution in [-0.2, 0) is 11.3 Å². The molecule has 0 bridgehead atoms. The smallest absolute Gasteiger partial charge is 0.225 e. The van der Waals surface area contributed by atoms with E-state index in [1.165, 1.54) is 6.07 Å². The van der Waals surface area contributed by atoms with Crippen molar-refractivity contribution in [2.75, 3.05) is 0 Å². The Hall–Kier alpha value is -1.13. The fourth-order valence-corrected chi connectivity index (χ4v) is 2.92. The molecule has 2 atom stereocenters. The first-order valence-electron chi connectivity index (χ1n) is 7.22. The number of aryl methyl sites for hydroxylation is 1. The number of hydrogen-bond acceptors (Lipinski definition) is 2. The van der Waals surface area contributed by atoms with Gasteiger partial charge in [-0.1, -0.05) is 25.0 Å². The van der Waals surface area contributed by atoms with Crippen LogP contribution in [0.4, 0.5) is 4.39 Å². The molecule has 5 heteroatoms. The quantitative estimate of drug-likeness (QED) is 0.901. The van der Waals surface area contributed by atoms with E-state index < -0.39 is 5.54 Å². The zero-order valence-corrected chi connectivity index (χ0v) is 13.4. The SMILES string of the molecule is Cc1cc(CNC(=O)C2CCCCC2(C)N)ccc1F.Cl. The number of benzene rings is 1. The van der Waals surface area contributed by atoms with Crippen LogP contribution in [0.5, 0.6) is 0 Å². The van der Waals surface area contributed by atoms with E-state index in [9.17, 15) is 9.18 Å². The van der Waals surface area contributed by atoms with Gasteiger partial charge < -0.3 is 11.1 Å². The summed E-state index contributed by atoms with van der Waals surface area (Å²) in [5, 5.41) is 2.93. The number of halogens is 2. The van der Waals surface area contributed by atoms with E-state index >= 15 is 0 Å². The highest BCUT2D eigenvalue weighted by molar-refractivity contribution is 5.85. The molecule has 0 heterocycles. The summed E-state index contributed by atoms with van der Waals surface area (Å²) in [6, 6.07) is 4.90. The molecule has 21 heavy (non-hydrogen) atoms. The molecule has 2 unspecified atom stereocenters. The second-order valence-corrected chi connectivity index (χ2v) is 6.11. The van der Waals surface area contributed by atoms with Gasteiger partial charge in [0.2, 0.25) is 5.91 Å². The lowest BCUT2D eigenvalue weighted by atomic mass is 9.74. The van der Waals surface area contributed by atoms with Crippen LogP contribution in [0, 0.1) is 18.7 Å². The van der Waals surface area contributed by atoms with E-state index in [0.717, 1.165) is 31.2 Å². The average Bonchev–Trinajstić information content (AvgIpc) is 2.39. The fraction of sp³-hybridized carbons (Fsp3) is 0.562. The highest BCUT2D eigenvalue weighted by Crippen LogP contribution is 2.31. The summed E-state index contributed by atoms with van der Waals surface area (Å²) >= 11 is 0. The van der Waals surface area contributed by atoms with Gasteiger partial charge in [-0.25, -0.2) is 4.39 Å². The first kappa shape index (κ1) is 17.9. The molecule has 0 aliphatic heterocycles. The normalized spacial score (nSPS) is 25.0. The van der Waals surface area contributed by atoms with Crippen molar-refractivity contribution < 1.29 is 9.18 Å². The Morgan fingerprint density at radius 2 is 2.19 bits per heavy atom. The third-order valence-corrected chi connectivity index (χ3v) is 4.26. The summed E-state index contributed by atoms with van der Waals surface area (Å²) < 4.78 is 13.2. The predicted octanol–water partition coefficient (Wildman–Crippen LogP) is 3.08. The van der Waals surface area contributed by atoms with E-state index in [1.54, 1.807) is 19.1 Å². The number of hydrogen-bond donors (Lipinski definition) is 2. The molecule has 118 valence electrons. The Balaban J connectivity index is 0.00000220. The maximum absolute atomic E-state index is 13.2. The average molecular weight is 315 g/mol. The number of nitrogens with one attached hydrogen (secondary N) is 1. The molecule has 2 rings (SSSR count). The van der Waals surface area contributed by atoms with Crippen LogP contribution in [0.1, 0.15) is 43.7 Å². The fourth-order valence-electron chi connectivity index (χ4n) is 2.92. The van der Waals surface area contributed by atoms with Gasteiger partial charge in [0, 0.05) is 12.1 Å². The van der Waals surface area contributed by atoms with E-state index in [-0.39, 0.29) is 30.0 Å². The minimum absolute atomic E-state index is 0. The van der Waals surface area contributed by atoms with Crippen molar-refractivity contribution in [3.05, 3.63) is 35.1 Å². The van der Waals surface area contributed by atoms with E-state index in [2.05, 4.69) is 5.32 Å². The Labute approximate surface area is 131 Å². The molecule has 1 aromatic rings. The lowest BCUT2D eigenvalue weighted by molar-refractivity contribution is -0.128. The highest BCUT2D eigenvalue weighted by atomic mass is 35.5. The zero-order chi connectivity index (χ0) is 14.8. The van der Waals surface area contributed by atoms with Crippen molar-refractivity contribution in [3.63, 3.8) is 0 Å². The Kier molecular flexibility index (Phi) is 6.17. The summed E-state index contributed by atoms with van der Waals surface area (Å²) in [7, 11) is 0. The van der Waals surface area contributed by atoms with Crippen LogP contribution < -0.4 is 11.1 Å². The molecular weight excluding hydrogens is 291 g/mol. The number of amides is 1. The van der Waals surface area contributed by atoms with Crippen LogP contribution in [-0.4, -0.2) is 11.4 Å². The maximum atomic E-state index is 13.2. The number of carbonyl (C=O) groups is 1.